The van der Waals surface area contributed by atoms with E-state index in [1.54, 1.807) is 12.1 Å². The van der Waals surface area contributed by atoms with Crippen molar-refractivity contribution in [3.05, 3.63) is 100 Å². The van der Waals surface area contributed by atoms with Gasteiger partial charge in [-0.3, -0.25) is 14.6 Å². The van der Waals surface area contributed by atoms with Crippen LogP contribution in [0.25, 0.3) is 0 Å². The number of likely N-dealkylation sites (tertiary alicyclic amines) is 1. The van der Waals surface area contributed by atoms with Crippen LogP contribution >= 0.6 is 24.8 Å². The van der Waals surface area contributed by atoms with E-state index in [1.165, 1.54) is 29.5 Å². The first-order valence-corrected chi connectivity index (χ1v) is 16.4. The van der Waals surface area contributed by atoms with Crippen LogP contribution < -0.4 is 4.74 Å². The van der Waals surface area contributed by atoms with E-state index < -0.39 is 5.41 Å². The molecular weight excluding hydrogens is 622 g/mol. The maximum atomic E-state index is 13.4. The molecule has 0 saturated carbocycles. The van der Waals surface area contributed by atoms with Gasteiger partial charge >= 0.3 is 5.97 Å². The lowest BCUT2D eigenvalue weighted by molar-refractivity contribution is -0.148. The number of hydrogen-bond acceptors (Lipinski definition) is 5. The molecule has 0 amide bonds. The minimum Gasteiger partial charge on any atom is -0.491 e. The van der Waals surface area contributed by atoms with Crippen LogP contribution in [0.15, 0.2) is 66.7 Å². The Morgan fingerprint density at radius 3 is 2.35 bits per heavy atom. The smallest absolute Gasteiger partial charge is 0.315 e. The van der Waals surface area contributed by atoms with E-state index in [0.717, 1.165) is 75.4 Å². The van der Waals surface area contributed by atoms with Gasteiger partial charge in [-0.1, -0.05) is 42.5 Å². The van der Waals surface area contributed by atoms with Crippen molar-refractivity contribution in [2.45, 2.75) is 91.0 Å². The van der Waals surface area contributed by atoms with Crippen LogP contribution in [0.4, 0.5) is 4.39 Å². The molecule has 0 aliphatic carbocycles. The largest absolute Gasteiger partial charge is 0.491 e. The molecule has 3 aromatic carbocycles. The SMILES string of the molecule is CCOC(=O)C(C)(C)c1cccc(CN2CCC(CC(C)Oc3ccc4c(c3)CN(Cc3ccc(F)cc3)CCC4)CC2)c1.Cl.Cl. The Hall–Kier alpha value is -2.64. The Kier molecular flexibility index (Phi) is 14.4. The van der Waals surface area contributed by atoms with Crippen molar-refractivity contribution < 1.29 is 18.7 Å². The van der Waals surface area contributed by atoms with Gasteiger partial charge in [0, 0.05) is 19.6 Å². The number of halogens is 3. The van der Waals surface area contributed by atoms with E-state index in [9.17, 15) is 9.18 Å². The fraction of sp³-hybridized carbons (Fsp3) is 0.500. The maximum absolute atomic E-state index is 13.4. The fourth-order valence-corrected chi connectivity index (χ4v) is 6.74. The quantitative estimate of drug-likeness (QED) is 0.191. The molecule has 2 aliphatic rings. The summed E-state index contributed by atoms with van der Waals surface area (Å²) < 4.78 is 25.2. The Morgan fingerprint density at radius 1 is 0.913 bits per heavy atom. The summed E-state index contributed by atoms with van der Waals surface area (Å²) in [6.45, 7) is 14.1. The topological polar surface area (TPSA) is 42.0 Å². The summed E-state index contributed by atoms with van der Waals surface area (Å²) in [6, 6.07) is 21.9. The Bertz CT molecular complexity index is 1390. The summed E-state index contributed by atoms with van der Waals surface area (Å²) in [5.41, 5.74) is 5.50. The first-order valence-electron chi connectivity index (χ1n) is 16.4. The molecule has 252 valence electrons. The number of carbonyl (C=O) groups is 1. The maximum Gasteiger partial charge on any atom is 0.315 e. The third-order valence-electron chi connectivity index (χ3n) is 9.36. The van der Waals surface area contributed by atoms with Crippen molar-refractivity contribution in [1.82, 2.24) is 9.80 Å². The van der Waals surface area contributed by atoms with Gasteiger partial charge in [0.05, 0.1) is 18.1 Å². The molecule has 0 radical (unpaired) electrons. The molecule has 0 bridgehead atoms. The van der Waals surface area contributed by atoms with Gasteiger partial charge in [0.1, 0.15) is 11.6 Å². The Morgan fingerprint density at radius 2 is 1.63 bits per heavy atom. The Labute approximate surface area is 287 Å². The van der Waals surface area contributed by atoms with E-state index in [4.69, 9.17) is 9.47 Å². The monoisotopic (exact) mass is 672 g/mol. The minimum atomic E-state index is -0.657. The van der Waals surface area contributed by atoms with Crippen LogP contribution in [0.3, 0.4) is 0 Å². The van der Waals surface area contributed by atoms with Gasteiger partial charge in [-0.05, 0) is 137 Å². The highest BCUT2D eigenvalue weighted by Gasteiger charge is 2.31. The number of piperidine rings is 1. The average molecular weight is 674 g/mol. The minimum absolute atomic E-state index is 0. The number of benzene rings is 3. The highest BCUT2D eigenvalue weighted by Crippen LogP contribution is 2.30. The zero-order valence-electron chi connectivity index (χ0n) is 27.8. The summed E-state index contributed by atoms with van der Waals surface area (Å²) in [5.74, 6) is 1.25. The van der Waals surface area contributed by atoms with Crippen LogP contribution in [-0.4, -0.2) is 48.1 Å². The third kappa shape index (κ3) is 10.2. The van der Waals surface area contributed by atoms with Gasteiger partial charge in [0.2, 0.25) is 0 Å². The fourth-order valence-electron chi connectivity index (χ4n) is 6.74. The van der Waals surface area contributed by atoms with Gasteiger partial charge in [-0.15, -0.1) is 24.8 Å². The molecule has 5 rings (SSSR count). The zero-order chi connectivity index (χ0) is 31.1. The van der Waals surface area contributed by atoms with Crippen molar-refractivity contribution in [3.63, 3.8) is 0 Å². The third-order valence-corrected chi connectivity index (χ3v) is 9.36. The molecule has 3 aromatic rings. The molecule has 2 aliphatic heterocycles. The second-order valence-corrected chi connectivity index (χ2v) is 13.3. The molecule has 0 aromatic heterocycles. The molecule has 1 saturated heterocycles. The van der Waals surface area contributed by atoms with Crippen LogP contribution in [0.1, 0.15) is 81.2 Å². The Balaban J connectivity index is 0.00000288. The van der Waals surface area contributed by atoms with Crippen molar-refractivity contribution in [1.29, 1.82) is 0 Å². The van der Waals surface area contributed by atoms with Gasteiger partial charge in [-0.25, -0.2) is 4.39 Å². The van der Waals surface area contributed by atoms with E-state index in [-0.39, 0.29) is 42.7 Å². The number of carbonyl (C=O) groups excluding carboxylic acids is 1. The number of rotatable bonds is 11. The molecule has 0 N–H and O–H groups in total. The molecule has 1 fully saturated rings. The van der Waals surface area contributed by atoms with Crippen LogP contribution in [-0.2, 0) is 41.0 Å². The summed E-state index contributed by atoms with van der Waals surface area (Å²) in [6.07, 6.45) is 5.77. The average Bonchev–Trinajstić information content (AvgIpc) is 3.21. The lowest BCUT2D eigenvalue weighted by atomic mass is 9.84. The molecule has 1 unspecified atom stereocenters. The van der Waals surface area contributed by atoms with Crippen LogP contribution in [0.5, 0.6) is 5.75 Å². The summed E-state index contributed by atoms with van der Waals surface area (Å²) in [5, 5.41) is 0. The normalized spacial score (nSPS) is 16.7. The van der Waals surface area contributed by atoms with Crippen LogP contribution in [0.2, 0.25) is 0 Å². The lowest BCUT2D eigenvalue weighted by Crippen LogP contribution is -2.35. The number of esters is 1. The number of aryl methyl sites for hydroxylation is 1. The lowest BCUT2D eigenvalue weighted by Gasteiger charge is -2.33. The van der Waals surface area contributed by atoms with Crippen LogP contribution in [0, 0.1) is 11.7 Å². The molecule has 8 heteroatoms. The van der Waals surface area contributed by atoms with Gasteiger partial charge in [0.25, 0.3) is 0 Å². The second kappa shape index (κ2) is 17.5. The van der Waals surface area contributed by atoms with E-state index in [2.05, 4.69) is 53.1 Å². The van der Waals surface area contributed by atoms with Crippen molar-refractivity contribution in [2.75, 3.05) is 26.2 Å². The first kappa shape index (κ1) is 37.8. The predicted molar refractivity (Wildman–Crippen MR) is 189 cm³/mol. The summed E-state index contributed by atoms with van der Waals surface area (Å²) in [4.78, 5) is 17.5. The highest BCUT2D eigenvalue weighted by molar-refractivity contribution is 5.85. The van der Waals surface area contributed by atoms with E-state index >= 15 is 0 Å². The standard InChI is InChI=1S/C38H49FN2O3.2ClH/c1-5-43-37(42)38(3,4)34-10-6-8-31(23-34)26-40-20-17-29(18-21-40)22-28(2)44-36-16-13-32-9-7-19-41(27-33(32)24-36)25-30-11-14-35(39)15-12-30;;/h6,8,10-16,23-24,28-29H,5,7,9,17-22,25-27H2,1-4H3;2*1H. The number of ether oxygens (including phenoxy) is 2. The summed E-state index contributed by atoms with van der Waals surface area (Å²) in [7, 11) is 0. The highest BCUT2D eigenvalue weighted by atomic mass is 35.5. The molecule has 1 atom stereocenters. The zero-order valence-corrected chi connectivity index (χ0v) is 29.4. The first-order chi connectivity index (χ1) is 21.2. The van der Waals surface area contributed by atoms with E-state index in [1.807, 2.05) is 39.0 Å². The van der Waals surface area contributed by atoms with Crippen molar-refractivity contribution in [3.8, 4) is 5.75 Å². The predicted octanol–water partition coefficient (Wildman–Crippen LogP) is 8.53. The van der Waals surface area contributed by atoms with Gasteiger partial charge in [-0.2, -0.15) is 0 Å². The molecule has 46 heavy (non-hydrogen) atoms. The number of fused-ring (bicyclic) bond motifs is 1. The molecular formula is C38H51Cl2FN2O3. The molecule has 0 spiro atoms. The second-order valence-electron chi connectivity index (χ2n) is 13.3. The van der Waals surface area contributed by atoms with E-state index in [0.29, 0.717) is 12.5 Å². The summed E-state index contributed by atoms with van der Waals surface area (Å²) >= 11 is 0. The number of nitrogens with zero attached hydrogens (tertiary/aromatic N) is 2. The van der Waals surface area contributed by atoms with Crippen molar-refractivity contribution >= 4 is 30.8 Å². The molecule has 2 heterocycles. The number of hydrogen-bond donors (Lipinski definition) is 0. The molecule has 5 nitrogen and oxygen atoms in total. The van der Waals surface area contributed by atoms with Gasteiger partial charge < -0.3 is 9.47 Å². The van der Waals surface area contributed by atoms with Gasteiger partial charge in [0.15, 0.2) is 0 Å². The van der Waals surface area contributed by atoms with Crippen molar-refractivity contribution in [2.24, 2.45) is 5.92 Å².